The number of morpholine rings is 1. The van der Waals surface area contributed by atoms with Crippen molar-refractivity contribution in [1.82, 2.24) is 5.32 Å². The van der Waals surface area contributed by atoms with Crippen molar-refractivity contribution in [3.63, 3.8) is 0 Å². The van der Waals surface area contributed by atoms with E-state index in [4.69, 9.17) is 4.74 Å². The Morgan fingerprint density at radius 3 is 2.61 bits per heavy atom. The number of carbonyl (C=O) groups is 1. The van der Waals surface area contributed by atoms with Crippen LogP contribution >= 0.6 is 0 Å². The molecule has 2 aliphatic heterocycles. The van der Waals surface area contributed by atoms with Crippen LogP contribution in [0.1, 0.15) is 54.7 Å². The lowest BCUT2D eigenvalue weighted by molar-refractivity contribution is 0.0723. The molecular formula is C26H35N3O4. The van der Waals surface area contributed by atoms with Gasteiger partial charge in [-0.05, 0) is 60.2 Å². The van der Waals surface area contributed by atoms with Crippen LogP contribution in [0, 0.1) is 0 Å². The molecule has 4 rings (SSSR count). The molecule has 1 atom stereocenters. The van der Waals surface area contributed by atoms with Crippen molar-refractivity contribution in [2.24, 2.45) is 0 Å². The second-order valence-electron chi connectivity index (χ2n) is 10.1. The highest BCUT2D eigenvalue weighted by Gasteiger charge is 2.35. The number of amides is 1. The maximum Gasteiger partial charge on any atom is 0.251 e. The first-order valence-electron chi connectivity index (χ1n) is 11.6. The van der Waals surface area contributed by atoms with E-state index < -0.39 is 5.54 Å². The quantitative estimate of drug-likeness (QED) is 0.538. The normalized spacial score (nSPS) is 20.0. The van der Waals surface area contributed by atoms with Gasteiger partial charge in [0.15, 0.2) is 0 Å². The summed E-state index contributed by atoms with van der Waals surface area (Å²) >= 11 is 0. The minimum atomic E-state index is -1.06. The number of ether oxygens (including phenoxy) is 1. The molecule has 1 unspecified atom stereocenters. The molecule has 2 heterocycles. The van der Waals surface area contributed by atoms with Gasteiger partial charge in [0, 0.05) is 30.0 Å². The van der Waals surface area contributed by atoms with E-state index in [1.807, 2.05) is 12.1 Å². The van der Waals surface area contributed by atoms with Crippen molar-refractivity contribution >= 4 is 17.3 Å². The standard InChI is InChI=1S/C26H35N3O4/c1-25(2)15-23(18-5-4-6-20(13-18)29-9-11-33-12-10-29)27-22-8-7-19(14-21(22)25)24(32)28-26(3,16-30)17-31/h4-8,13-14,23,27,30-31H,9-12,15-17H2,1-3H3,(H,28,32). The third kappa shape index (κ3) is 5.00. The maximum atomic E-state index is 12.8. The molecule has 1 fully saturated rings. The van der Waals surface area contributed by atoms with Gasteiger partial charge in [0.1, 0.15) is 0 Å². The highest BCUT2D eigenvalue weighted by Crippen LogP contribution is 2.44. The summed E-state index contributed by atoms with van der Waals surface area (Å²) in [5.41, 5.74) is 3.90. The summed E-state index contributed by atoms with van der Waals surface area (Å²) in [6.45, 7) is 8.70. The summed E-state index contributed by atoms with van der Waals surface area (Å²) in [4.78, 5) is 15.1. The van der Waals surface area contributed by atoms with E-state index in [0.29, 0.717) is 5.56 Å². The Morgan fingerprint density at radius 2 is 1.91 bits per heavy atom. The Kier molecular flexibility index (Phi) is 6.66. The molecule has 1 saturated heterocycles. The number of aliphatic hydroxyl groups excluding tert-OH is 2. The number of benzene rings is 2. The van der Waals surface area contributed by atoms with Gasteiger partial charge >= 0.3 is 0 Å². The lowest BCUT2D eigenvalue weighted by atomic mass is 9.73. The van der Waals surface area contributed by atoms with Crippen molar-refractivity contribution in [3.05, 3.63) is 59.2 Å². The zero-order chi connectivity index (χ0) is 23.6. The van der Waals surface area contributed by atoms with Gasteiger partial charge in [0.2, 0.25) is 0 Å². The molecule has 0 saturated carbocycles. The first kappa shape index (κ1) is 23.5. The molecule has 0 radical (unpaired) electrons. The van der Waals surface area contributed by atoms with Crippen molar-refractivity contribution in [1.29, 1.82) is 0 Å². The van der Waals surface area contributed by atoms with E-state index in [-0.39, 0.29) is 30.6 Å². The van der Waals surface area contributed by atoms with Crippen LogP contribution in [0.4, 0.5) is 11.4 Å². The second kappa shape index (κ2) is 9.33. The number of fused-ring (bicyclic) bond motifs is 1. The third-order valence-electron chi connectivity index (χ3n) is 6.82. The van der Waals surface area contributed by atoms with Crippen LogP contribution in [0.25, 0.3) is 0 Å². The topological polar surface area (TPSA) is 94.1 Å². The van der Waals surface area contributed by atoms with Crippen molar-refractivity contribution in [3.8, 4) is 0 Å². The van der Waals surface area contributed by atoms with Gasteiger partial charge in [0.05, 0.1) is 38.0 Å². The summed E-state index contributed by atoms with van der Waals surface area (Å²) in [5.74, 6) is -0.306. The molecule has 0 aliphatic carbocycles. The summed E-state index contributed by atoms with van der Waals surface area (Å²) in [6.07, 6.45) is 0.892. The average molecular weight is 454 g/mol. The predicted molar refractivity (Wildman–Crippen MR) is 130 cm³/mol. The number of rotatable bonds is 6. The Hall–Kier alpha value is -2.61. The number of hydrogen-bond acceptors (Lipinski definition) is 6. The molecule has 178 valence electrons. The largest absolute Gasteiger partial charge is 0.394 e. The van der Waals surface area contributed by atoms with Crippen LogP contribution in [0.3, 0.4) is 0 Å². The predicted octanol–water partition coefficient (Wildman–Crippen LogP) is 2.83. The fourth-order valence-corrected chi connectivity index (χ4v) is 4.67. The molecule has 33 heavy (non-hydrogen) atoms. The number of hydrogen-bond donors (Lipinski definition) is 4. The number of carbonyl (C=O) groups excluding carboxylic acids is 1. The van der Waals surface area contributed by atoms with Crippen LogP contribution in [0.5, 0.6) is 0 Å². The maximum absolute atomic E-state index is 12.8. The van der Waals surface area contributed by atoms with E-state index in [1.54, 1.807) is 13.0 Å². The SMILES string of the molecule is CC(CO)(CO)NC(=O)c1ccc2c(c1)C(C)(C)CC(c1cccc(N3CCOCC3)c1)N2. The van der Waals surface area contributed by atoms with Gasteiger partial charge in [-0.3, -0.25) is 4.79 Å². The number of anilines is 2. The van der Waals surface area contributed by atoms with Crippen molar-refractivity contribution < 1.29 is 19.7 Å². The zero-order valence-corrected chi connectivity index (χ0v) is 19.7. The highest BCUT2D eigenvalue weighted by molar-refractivity contribution is 5.95. The van der Waals surface area contributed by atoms with Crippen LogP contribution in [0.2, 0.25) is 0 Å². The van der Waals surface area contributed by atoms with Gasteiger partial charge in [-0.15, -0.1) is 0 Å². The monoisotopic (exact) mass is 453 g/mol. The minimum Gasteiger partial charge on any atom is -0.394 e. The highest BCUT2D eigenvalue weighted by atomic mass is 16.5. The molecule has 7 heteroatoms. The van der Waals surface area contributed by atoms with Crippen molar-refractivity contribution in [2.45, 2.75) is 44.2 Å². The summed E-state index contributed by atoms with van der Waals surface area (Å²) in [5, 5.41) is 25.4. The Labute approximate surface area is 195 Å². The third-order valence-corrected chi connectivity index (χ3v) is 6.82. The average Bonchev–Trinajstić information content (AvgIpc) is 2.84. The summed E-state index contributed by atoms with van der Waals surface area (Å²) in [6, 6.07) is 14.6. The fourth-order valence-electron chi connectivity index (χ4n) is 4.67. The zero-order valence-electron chi connectivity index (χ0n) is 19.7. The number of aliphatic hydroxyl groups is 2. The summed E-state index contributed by atoms with van der Waals surface area (Å²) < 4.78 is 5.49. The smallest absolute Gasteiger partial charge is 0.251 e. The van der Waals surface area contributed by atoms with Gasteiger partial charge in [-0.25, -0.2) is 0 Å². The van der Waals surface area contributed by atoms with E-state index in [2.05, 4.69) is 53.6 Å². The first-order chi connectivity index (χ1) is 15.7. The molecule has 7 nitrogen and oxygen atoms in total. The van der Waals surface area contributed by atoms with Gasteiger partial charge in [0.25, 0.3) is 5.91 Å². The molecule has 1 amide bonds. The molecular weight excluding hydrogens is 418 g/mol. The second-order valence-corrected chi connectivity index (χ2v) is 10.1. The van der Waals surface area contributed by atoms with Crippen LogP contribution in [0.15, 0.2) is 42.5 Å². The van der Waals surface area contributed by atoms with Crippen molar-refractivity contribution in [2.75, 3.05) is 49.7 Å². The Bertz CT molecular complexity index is 997. The molecule has 2 aromatic rings. The molecule has 2 aliphatic rings. The van der Waals surface area contributed by atoms with E-state index in [9.17, 15) is 15.0 Å². The van der Waals surface area contributed by atoms with Gasteiger partial charge < -0.3 is 30.5 Å². The van der Waals surface area contributed by atoms with E-state index >= 15 is 0 Å². The van der Waals surface area contributed by atoms with E-state index in [1.165, 1.54) is 11.3 Å². The Morgan fingerprint density at radius 1 is 1.18 bits per heavy atom. The molecule has 4 N–H and O–H groups in total. The lowest BCUT2D eigenvalue weighted by Crippen LogP contribution is -2.51. The van der Waals surface area contributed by atoms with Crippen LogP contribution in [-0.4, -0.2) is 61.2 Å². The van der Waals surface area contributed by atoms with E-state index in [0.717, 1.165) is 44.0 Å². The van der Waals surface area contributed by atoms with Gasteiger partial charge in [-0.2, -0.15) is 0 Å². The first-order valence-corrected chi connectivity index (χ1v) is 11.6. The fraction of sp³-hybridized carbons (Fsp3) is 0.500. The lowest BCUT2D eigenvalue weighted by Gasteiger charge is -2.39. The minimum absolute atomic E-state index is 0.145. The number of nitrogens with one attached hydrogen (secondary N) is 2. The van der Waals surface area contributed by atoms with Crippen LogP contribution < -0.4 is 15.5 Å². The van der Waals surface area contributed by atoms with Gasteiger partial charge in [-0.1, -0.05) is 26.0 Å². The van der Waals surface area contributed by atoms with Crippen LogP contribution in [-0.2, 0) is 10.2 Å². The number of nitrogens with zero attached hydrogens (tertiary/aromatic N) is 1. The molecule has 0 aromatic heterocycles. The molecule has 0 spiro atoms. The molecule has 0 bridgehead atoms. The summed E-state index contributed by atoms with van der Waals surface area (Å²) in [7, 11) is 0. The Balaban J connectivity index is 1.56. The molecule has 2 aromatic carbocycles.